The number of nitrogens with one attached hydrogen (secondary N) is 2. The second-order valence-corrected chi connectivity index (χ2v) is 7.32. The van der Waals surface area contributed by atoms with Gasteiger partial charge in [-0.3, -0.25) is 9.59 Å². The molecule has 1 atom stereocenters. The normalized spacial score (nSPS) is 16.6. The molecule has 0 aliphatic carbocycles. The SMILES string of the molecule is Cc1ccc(NC(=O)CSC2=C(C#N)[C@H](c3ccco3)CC(=O)N2)c(C)c1. The number of carbonyl (C=O) groups excluding carboxylic acids is 2. The van der Waals surface area contributed by atoms with E-state index in [1.807, 2.05) is 32.0 Å². The number of hydrogen-bond donors (Lipinski definition) is 2. The van der Waals surface area contributed by atoms with Crippen LogP contribution in [0.1, 0.15) is 29.2 Å². The Morgan fingerprint density at radius 1 is 1.41 bits per heavy atom. The predicted octanol–water partition coefficient (Wildman–Crippen LogP) is 3.61. The Morgan fingerprint density at radius 3 is 2.89 bits per heavy atom. The van der Waals surface area contributed by atoms with Crippen molar-refractivity contribution < 1.29 is 14.0 Å². The lowest BCUT2D eigenvalue weighted by Crippen LogP contribution is -2.31. The van der Waals surface area contributed by atoms with Crippen molar-refractivity contribution in [1.29, 1.82) is 5.26 Å². The summed E-state index contributed by atoms with van der Waals surface area (Å²) < 4.78 is 5.38. The Labute approximate surface area is 161 Å². The third-order valence-electron chi connectivity index (χ3n) is 4.25. The van der Waals surface area contributed by atoms with Crippen molar-refractivity contribution in [2.24, 2.45) is 0 Å². The number of rotatable bonds is 5. The summed E-state index contributed by atoms with van der Waals surface area (Å²) in [6.07, 6.45) is 1.66. The maximum atomic E-state index is 12.3. The molecule has 27 heavy (non-hydrogen) atoms. The molecule has 1 aromatic carbocycles. The summed E-state index contributed by atoms with van der Waals surface area (Å²) in [6, 6.07) is 11.4. The zero-order valence-electron chi connectivity index (χ0n) is 15.0. The third kappa shape index (κ3) is 4.41. The third-order valence-corrected chi connectivity index (χ3v) is 5.26. The molecule has 2 heterocycles. The topological polar surface area (TPSA) is 95.1 Å². The van der Waals surface area contributed by atoms with Crippen LogP contribution in [0.4, 0.5) is 5.69 Å². The average molecular weight is 381 g/mol. The number of thioether (sulfide) groups is 1. The minimum atomic E-state index is -0.427. The van der Waals surface area contributed by atoms with Crippen LogP contribution in [0.15, 0.2) is 51.6 Å². The Morgan fingerprint density at radius 2 is 2.22 bits per heavy atom. The summed E-state index contributed by atoms with van der Waals surface area (Å²) in [4.78, 5) is 24.4. The molecule has 0 radical (unpaired) electrons. The molecule has 6 nitrogen and oxygen atoms in total. The first-order valence-corrected chi connectivity index (χ1v) is 9.44. The summed E-state index contributed by atoms with van der Waals surface area (Å²) in [6.45, 7) is 3.92. The standard InChI is InChI=1S/C20H19N3O3S/c1-12-5-6-16(13(2)8-12)22-19(25)11-27-20-15(10-21)14(9-18(24)23-20)17-4-3-7-26-17/h3-8,14H,9,11H2,1-2H3,(H,22,25)(H,23,24)/t14-/m1/s1. The highest BCUT2D eigenvalue weighted by molar-refractivity contribution is 8.03. The number of anilines is 1. The van der Waals surface area contributed by atoms with Crippen LogP contribution in [0.3, 0.4) is 0 Å². The fourth-order valence-electron chi connectivity index (χ4n) is 2.94. The van der Waals surface area contributed by atoms with Gasteiger partial charge in [-0.15, -0.1) is 0 Å². The van der Waals surface area contributed by atoms with Crippen molar-refractivity contribution in [2.75, 3.05) is 11.1 Å². The number of allylic oxidation sites excluding steroid dienone is 1. The molecule has 0 unspecified atom stereocenters. The van der Waals surface area contributed by atoms with E-state index >= 15 is 0 Å². The molecule has 0 fully saturated rings. The van der Waals surface area contributed by atoms with Crippen LogP contribution in [0.25, 0.3) is 0 Å². The average Bonchev–Trinajstić information content (AvgIpc) is 3.16. The van der Waals surface area contributed by atoms with Crippen LogP contribution in [-0.4, -0.2) is 17.6 Å². The molecule has 7 heteroatoms. The van der Waals surface area contributed by atoms with Gasteiger partial charge in [0.1, 0.15) is 5.76 Å². The second-order valence-electron chi connectivity index (χ2n) is 6.33. The molecule has 1 aliphatic rings. The molecule has 1 aliphatic heterocycles. The Balaban J connectivity index is 1.72. The first-order valence-electron chi connectivity index (χ1n) is 8.45. The van der Waals surface area contributed by atoms with E-state index in [1.165, 1.54) is 6.26 Å². The molecule has 2 N–H and O–H groups in total. The van der Waals surface area contributed by atoms with E-state index in [4.69, 9.17) is 4.42 Å². The molecule has 1 aromatic heterocycles. The summed E-state index contributed by atoms with van der Waals surface area (Å²) >= 11 is 1.14. The number of aryl methyl sites for hydroxylation is 2. The molecule has 0 saturated heterocycles. The van der Waals surface area contributed by atoms with Crippen LogP contribution in [0, 0.1) is 25.2 Å². The van der Waals surface area contributed by atoms with E-state index in [2.05, 4.69) is 16.7 Å². The lowest BCUT2D eigenvalue weighted by Gasteiger charge is -2.23. The van der Waals surface area contributed by atoms with Gasteiger partial charge in [0, 0.05) is 12.1 Å². The van der Waals surface area contributed by atoms with Crippen molar-refractivity contribution in [1.82, 2.24) is 5.32 Å². The van der Waals surface area contributed by atoms with Crippen LogP contribution in [0.2, 0.25) is 0 Å². The molecule has 2 amide bonds. The van der Waals surface area contributed by atoms with E-state index in [-0.39, 0.29) is 24.0 Å². The lowest BCUT2D eigenvalue weighted by atomic mass is 9.92. The van der Waals surface area contributed by atoms with Crippen molar-refractivity contribution in [3.8, 4) is 6.07 Å². The fraction of sp³-hybridized carbons (Fsp3) is 0.250. The van der Waals surface area contributed by atoms with Gasteiger partial charge in [0.2, 0.25) is 11.8 Å². The Kier molecular flexibility index (Phi) is 5.67. The molecular weight excluding hydrogens is 362 g/mol. The van der Waals surface area contributed by atoms with Gasteiger partial charge in [0.05, 0.1) is 34.6 Å². The predicted molar refractivity (Wildman–Crippen MR) is 104 cm³/mol. The number of nitriles is 1. The summed E-state index contributed by atoms with van der Waals surface area (Å²) in [5.74, 6) is -0.180. The highest BCUT2D eigenvalue weighted by Crippen LogP contribution is 2.36. The van der Waals surface area contributed by atoms with Gasteiger partial charge >= 0.3 is 0 Å². The van der Waals surface area contributed by atoms with Crippen LogP contribution < -0.4 is 10.6 Å². The van der Waals surface area contributed by atoms with Gasteiger partial charge in [-0.05, 0) is 37.6 Å². The lowest BCUT2D eigenvalue weighted by molar-refractivity contribution is -0.121. The van der Waals surface area contributed by atoms with Crippen LogP contribution in [-0.2, 0) is 9.59 Å². The Bertz CT molecular complexity index is 942. The van der Waals surface area contributed by atoms with E-state index in [0.29, 0.717) is 16.4 Å². The summed E-state index contributed by atoms with van der Waals surface area (Å²) in [7, 11) is 0. The van der Waals surface area contributed by atoms with E-state index in [9.17, 15) is 14.9 Å². The zero-order chi connectivity index (χ0) is 19.4. The van der Waals surface area contributed by atoms with Gasteiger partial charge < -0.3 is 15.1 Å². The first-order chi connectivity index (χ1) is 13.0. The van der Waals surface area contributed by atoms with Gasteiger partial charge in [-0.1, -0.05) is 29.5 Å². The number of benzene rings is 1. The fourth-order valence-corrected chi connectivity index (χ4v) is 3.82. The van der Waals surface area contributed by atoms with Gasteiger partial charge in [0.25, 0.3) is 0 Å². The van der Waals surface area contributed by atoms with E-state index in [1.54, 1.807) is 12.1 Å². The minimum Gasteiger partial charge on any atom is -0.469 e. The maximum Gasteiger partial charge on any atom is 0.234 e. The molecule has 138 valence electrons. The van der Waals surface area contributed by atoms with Crippen molar-refractivity contribution in [2.45, 2.75) is 26.2 Å². The maximum absolute atomic E-state index is 12.3. The number of nitrogens with zero attached hydrogens (tertiary/aromatic N) is 1. The highest BCUT2D eigenvalue weighted by atomic mass is 32.2. The van der Waals surface area contributed by atoms with Crippen molar-refractivity contribution in [3.63, 3.8) is 0 Å². The van der Waals surface area contributed by atoms with E-state index < -0.39 is 5.92 Å². The number of carbonyl (C=O) groups is 2. The van der Waals surface area contributed by atoms with Gasteiger partial charge in [-0.2, -0.15) is 5.26 Å². The Hall–Kier alpha value is -2.98. The summed E-state index contributed by atoms with van der Waals surface area (Å²) in [5, 5.41) is 15.5. The van der Waals surface area contributed by atoms with Gasteiger partial charge in [0.15, 0.2) is 0 Å². The first kappa shape index (κ1) is 18.8. The van der Waals surface area contributed by atoms with Crippen LogP contribution >= 0.6 is 11.8 Å². The number of amides is 2. The minimum absolute atomic E-state index is 0.0823. The van der Waals surface area contributed by atoms with Crippen molar-refractivity contribution in [3.05, 3.63) is 64.1 Å². The zero-order valence-corrected chi connectivity index (χ0v) is 15.9. The molecular formula is C20H19N3O3S. The number of furan rings is 1. The molecule has 2 aromatic rings. The van der Waals surface area contributed by atoms with Crippen LogP contribution in [0.5, 0.6) is 0 Å². The second kappa shape index (κ2) is 8.14. The molecule has 0 bridgehead atoms. The quantitative estimate of drug-likeness (QED) is 0.825. The van der Waals surface area contributed by atoms with E-state index in [0.717, 1.165) is 28.6 Å². The molecule has 0 spiro atoms. The number of hydrogen-bond acceptors (Lipinski definition) is 5. The smallest absolute Gasteiger partial charge is 0.234 e. The molecule has 3 rings (SSSR count). The summed E-state index contributed by atoms with van der Waals surface area (Å²) in [5.41, 5.74) is 3.27. The largest absolute Gasteiger partial charge is 0.469 e. The monoisotopic (exact) mass is 381 g/mol. The van der Waals surface area contributed by atoms with Gasteiger partial charge in [-0.25, -0.2) is 0 Å². The highest BCUT2D eigenvalue weighted by Gasteiger charge is 2.31. The molecule has 0 saturated carbocycles. The van der Waals surface area contributed by atoms with Crippen molar-refractivity contribution >= 4 is 29.3 Å².